The molecular formula is C19H29ClN2O4S. The predicted octanol–water partition coefficient (Wildman–Crippen LogP) is 2.47. The summed E-state index contributed by atoms with van der Waals surface area (Å²) in [4.78, 5) is 12.3. The zero-order chi connectivity index (χ0) is 18.8. The number of hydrogen-bond donors (Lipinski definition) is 1. The summed E-state index contributed by atoms with van der Waals surface area (Å²) in [6, 6.07) is 6.85. The lowest BCUT2D eigenvalue weighted by Crippen LogP contribution is -2.46. The Morgan fingerprint density at radius 2 is 1.81 bits per heavy atom. The fraction of sp³-hybridized carbons (Fsp3) is 0.632. The monoisotopic (exact) mass is 416 g/mol. The Morgan fingerprint density at radius 1 is 1.22 bits per heavy atom. The van der Waals surface area contributed by atoms with Crippen LogP contribution in [0.1, 0.15) is 44.6 Å². The molecule has 0 atom stereocenters. The highest BCUT2D eigenvalue weighted by Gasteiger charge is 2.52. The molecule has 0 aromatic heterocycles. The first-order chi connectivity index (χ1) is 12.5. The van der Waals surface area contributed by atoms with Crippen LogP contribution < -0.4 is 5.32 Å². The van der Waals surface area contributed by atoms with Crippen molar-refractivity contribution in [2.75, 3.05) is 26.7 Å². The largest absolute Gasteiger partial charge is 0.468 e. The topological polar surface area (TPSA) is 75.7 Å². The third kappa shape index (κ3) is 4.31. The van der Waals surface area contributed by atoms with Gasteiger partial charge in [0.05, 0.1) is 17.4 Å². The van der Waals surface area contributed by atoms with Crippen molar-refractivity contribution in [2.24, 2.45) is 0 Å². The summed E-state index contributed by atoms with van der Waals surface area (Å²) in [5.74, 6) is -0.240. The van der Waals surface area contributed by atoms with Crippen molar-refractivity contribution in [3.63, 3.8) is 0 Å². The molecule has 0 radical (unpaired) electrons. The molecule has 0 bridgehead atoms. The van der Waals surface area contributed by atoms with E-state index in [2.05, 4.69) is 5.32 Å². The van der Waals surface area contributed by atoms with Crippen molar-refractivity contribution in [3.05, 3.63) is 29.8 Å². The first kappa shape index (κ1) is 22.1. The maximum Gasteiger partial charge on any atom is 0.316 e. The van der Waals surface area contributed by atoms with Gasteiger partial charge in [-0.2, -0.15) is 4.31 Å². The Kier molecular flexibility index (Phi) is 7.30. The Bertz CT molecular complexity index is 741. The van der Waals surface area contributed by atoms with E-state index in [-0.39, 0.29) is 24.4 Å². The van der Waals surface area contributed by atoms with E-state index >= 15 is 0 Å². The van der Waals surface area contributed by atoms with E-state index in [1.165, 1.54) is 7.11 Å². The van der Waals surface area contributed by atoms with Gasteiger partial charge in [-0.25, -0.2) is 8.42 Å². The average molecular weight is 417 g/mol. The molecule has 1 heterocycles. The Balaban J connectivity index is 0.00000261. The number of halogens is 1. The fourth-order valence-corrected chi connectivity index (χ4v) is 5.60. The smallest absolute Gasteiger partial charge is 0.316 e. The summed E-state index contributed by atoms with van der Waals surface area (Å²) in [6.45, 7) is 4.22. The highest BCUT2D eigenvalue weighted by molar-refractivity contribution is 7.89. The predicted molar refractivity (Wildman–Crippen MR) is 107 cm³/mol. The third-order valence-corrected chi connectivity index (χ3v) is 7.47. The van der Waals surface area contributed by atoms with Gasteiger partial charge in [0, 0.05) is 12.6 Å². The van der Waals surface area contributed by atoms with Crippen LogP contribution in [-0.4, -0.2) is 51.5 Å². The first-order valence-corrected chi connectivity index (χ1v) is 10.8. The van der Waals surface area contributed by atoms with Crippen LogP contribution in [0.15, 0.2) is 29.2 Å². The highest BCUT2D eigenvalue weighted by Crippen LogP contribution is 2.49. The summed E-state index contributed by atoms with van der Waals surface area (Å²) in [5, 5.41) is 3.28. The Labute approximate surface area is 168 Å². The Hall–Kier alpha value is -1.15. The maximum atomic E-state index is 13.2. The molecule has 1 saturated heterocycles. The number of sulfonamides is 1. The van der Waals surface area contributed by atoms with Gasteiger partial charge in [0.15, 0.2) is 0 Å². The number of nitrogens with zero attached hydrogens (tertiary/aromatic N) is 1. The quantitative estimate of drug-likeness (QED) is 0.691. The van der Waals surface area contributed by atoms with E-state index in [1.807, 2.05) is 6.92 Å². The third-order valence-electron chi connectivity index (χ3n) is 5.50. The summed E-state index contributed by atoms with van der Waals surface area (Å²) < 4.78 is 33.0. The molecule has 0 spiro atoms. The molecule has 0 amide bonds. The molecule has 27 heavy (non-hydrogen) atoms. The number of methoxy groups -OCH3 is 1. The number of carbonyl (C=O) groups excluding carboxylic acids is 1. The zero-order valence-corrected chi connectivity index (χ0v) is 17.6. The van der Waals surface area contributed by atoms with Crippen LogP contribution in [0.5, 0.6) is 0 Å². The molecule has 8 heteroatoms. The minimum absolute atomic E-state index is 0. The van der Waals surface area contributed by atoms with Crippen molar-refractivity contribution >= 4 is 28.4 Å². The number of esters is 1. The molecule has 2 aliphatic rings. The lowest BCUT2D eigenvalue weighted by Gasteiger charge is -2.33. The van der Waals surface area contributed by atoms with Crippen molar-refractivity contribution in [1.82, 2.24) is 9.62 Å². The van der Waals surface area contributed by atoms with Crippen LogP contribution in [0.25, 0.3) is 0 Å². The minimum Gasteiger partial charge on any atom is -0.468 e. The van der Waals surface area contributed by atoms with Gasteiger partial charge in [0.25, 0.3) is 0 Å². The number of piperidine rings is 1. The molecule has 1 aromatic carbocycles. The first-order valence-electron chi connectivity index (χ1n) is 9.37. The second-order valence-electron chi connectivity index (χ2n) is 7.19. The van der Waals surface area contributed by atoms with Gasteiger partial charge >= 0.3 is 5.97 Å². The van der Waals surface area contributed by atoms with E-state index in [4.69, 9.17) is 4.74 Å². The SMILES string of the molecule is CCCN(C1CCNCC1)S(=O)(=O)c1ccc(C2(C(=O)OC)CC2)cc1.Cl. The van der Waals surface area contributed by atoms with Crippen LogP contribution in [0.2, 0.25) is 0 Å². The Morgan fingerprint density at radius 3 is 2.30 bits per heavy atom. The number of benzene rings is 1. The summed E-state index contributed by atoms with van der Waals surface area (Å²) in [5.41, 5.74) is 0.266. The number of ether oxygens (including phenoxy) is 1. The number of carbonyl (C=O) groups is 1. The van der Waals surface area contributed by atoms with Crippen LogP contribution in [0.3, 0.4) is 0 Å². The second-order valence-corrected chi connectivity index (χ2v) is 9.09. The molecule has 3 rings (SSSR count). The molecule has 0 unspecified atom stereocenters. The van der Waals surface area contributed by atoms with Gasteiger partial charge < -0.3 is 10.1 Å². The minimum atomic E-state index is -3.54. The van der Waals surface area contributed by atoms with Gasteiger partial charge in [-0.05, 0) is 62.9 Å². The van der Waals surface area contributed by atoms with Gasteiger partial charge in [0.2, 0.25) is 10.0 Å². The summed E-state index contributed by atoms with van der Waals surface area (Å²) in [7, 11) is -2.15. The maximum absolute atomic E-state index is 13.2. The summed E-state index contributed by atoms with van der Waals surface area (Å²) in [6.07, 6.45) is 3.96. The lowest BCUT2D eigenvalue weighted by molar-refractivity contribution is -0.143. The lowest BCUT2D eigenvalue weighted by atomic mass is 9.96. The van der Waals surface area contributed by atoms with Crippen molar-refractivity contribution in [1.29, 1.82) is 0 Å². The summed E-state index contributed by atoms with van der Waals surface area (Å²) >= 11 is 0. The number of rotatable bonds is 7. The van der Waals surface area contributed by atoms with Crippen LogP contribution >= 0.6 is 12.4 Å². The molecule has 1 saturated carbocycles. The van der Waals surface area contributed by atoms with Crippen molar-refractivity contribution in [2.45, 2.75) is 55.4 Å². The van der Waals surface area contributed by atoms with Gasteiger partial charge in [-0.15, -0.1) is 12.4 Å². The zero-order valence-electron chi connectivity index (χ0n) is 15.9. The molecule has 1 N–H and O–H groups in total. The number of hydrogen-bond acceptors (Lipinski definition) is 5. The van der Waals surface area contributed by atoms with Crippen LogP contribution in [0.4, 0.5) is 0 Å². The second kappa shape index (κ2) is 8.90. The van der Waals surface area contributed by atoms with Crippen LogP contribution in [-0.2, 0) is 25.0 Å². The van der Waals surface area contributed by atoms with Gasteiger partial charge in [0.1, 0.15) is 0 Å². The van der Waals surface area contributed by atoms with E-state index in [0.717, 1.165) is 50.8 Å². The van der Waals surface area contributed by atoms with Gasteiger partial charge in [-0.1, -0.05) is 19.1 Å². The molecule has 152 valence electrons. The molecule has 1 aromatic rings. The van der Waals surface area contributed by atoms with E-state index in [9.17, 15) is 13.2 Å². The van der Waals surface area contributed by atoms with Crippen molar-refractivity contribution in [3.8, 4) is 0 Å². The molecule has 1 aliphatic heterocycles. The number of nitrogens with one attached hydrogen (secondary N) is 1. The molecule has 6 nitrogen and oxygen atoms in total. The molecule has 2 fully saturated rings. The molecular weight excluding hydrogens is 388 g/mol. The molecule has 1 aliphatic carbocycles. The highest BCUT2D eigenvalue weighted by atomic mass is 35.5. The average Bonchev–Trinajstić information content (AvgIpc) is 3.48. The van der Waals surface area contributed by atoms with Gasteiger partial charge in [-0.3, -0.25) is 4.79 Å². The van der Waals surface area contributed by atoms with E-state index in [1.54, 1.807) is 28.6 Å². The standard InChI is InChI=1S/C19H28N2O4S.ClH/c1-3-14-21(16-8-12-20-13-9-16)26(23,24)17-6-4-15(5-7-17)19(10-11-19)18(22)25-2;/h4-7,16,20H,3,8-14H2,1-2H3;1H. The van der Waals surface area contributed by atoms with E-state index in [0.29, 0.717) is 11.4 Å². The van der Waals surface area contributed by atoms with Crippen LogP contribution in [0, 0.1) is 0 Å². The fourth-order valence-electron chi connectivity index (χ4n) is 3.83. The van der Waals surface area contributed by atoms with Crippen molar-refractivity contribution < 1.29 is 17.9 Å². The van der Waals surface area contributed by atoms with E-state index < -0.39 is 15.4 Å². The normalized spacial score (nSPS) is 19.4.